The Balaban J connectivity index is 1.77. The number of hydrogen-bond acceptors (Lipinski definition) is 7. The summed E-state index contributed by atoms with van der Waals surface area (Å²) in [5.41, 5.74) is 6.79. The fraction of sp³-hybridized carbons (Fsp3) is 0.158. The van der Waals surface area contributed by atoms with Gasteiger partial charge in [0.15, 0.2) is 0 Å². The van der Waals surface area contributed by atoms with Crippen molar-refractivity contribution in [1.82, 2.24) is 10.3 Å². The van der Waals surface area contributed by atoms with Crippen molar-refractivity contribution in [2.75, 3.05) is 5.73 Å². The largest absolute Gasteiger partial charge is 0.573 e. The summed E-state index contributed by atoms with van der Waals surface area (Å²) in [5.74, 6) is -1.16. The number of thiophene rings is 1. The van der Waals surface area contributed by atoms with Crippen molar-refractivity contribution in [3.05, 3.63) is 62.6 Å². The van der Waals surface area contributed by atoms with Gasteiger partial charge >= 0.3 is 17.7 Å². The molecule has 0 bridgehead atoms. The van der Waals surface area contributed by atoms with E-state index in [2.05, 4.69) is 15.0 Å². The van der Waals surface area contributed by atoms with E-state index in [0.29, 0.717) is 10.2 Å². The van der Waals surface area contributed by atoms with Gasteiger partial charge in [0, 0.05) is 23.2 Å². The highest BCUT2D eigenvalue weighted by molar-refractivity contribution is 7.21. The SMILES string of the molecule is Cc1cc(C)c2c(N)c(C(=O)c3c(=O)o[nH][n+]3-c3ccc(OC(F)(F)F)cc3)sc2n1. The summed E-state index contributed by atoms with van der Waals surface area (Å²) in [4.78, 5) is 30.5. The van der Waals surface area contributed by atoms with Crippen LogP contribution in [0.15, 0.2) is 39.6 Å². The van der Waals surface area contributed by atoms with Crippen molar-refractivity contribution in [2.45, 2.75) is 20.2 Å². The molecular weight excluding hydrogens is 437 g/mol. The Hall–Kier alpha value is -3.67. The molecular formula is C19H14F3N4O4S+. The Morgan fingerprint density at radius 3 is 2.58 bits per heavy atom. The van der Waals surface area contributed by atoms with Crippen molar-refractivity contribution >= 4 is 33.0 Å². The smallest absolute Gasteiger partial charge is 0.406 e. The first kappa shape index (κ1) is 20.6. The van der Waals surface area contributed by atoms with E-state index in [-0.39, 0.29) is 16.3 Å². The number of anilines is 1. The van der Waals surface area contributed by atoms with Gasteiger partial charge in [-0.1, -0.05) is 0 Å². The molecule has 31 heavy (non-hydrogen) atoms. The van der Waals surface area contributed by atoms with Gasteiger partial charge in [-0.15, -0.1) is 24.5 Å². The lowest BCUT2D eigenvalue weighted by Crippen LogP contribution is -2.41. The highest BCUT2D eigenvalue weighted by Gasteiger charge is 2.35. The van der Waals surface area contributed by atoms with Crippen LogP contribution in [0.4, 0.5) is 18.9 Å². The second-order valence-electron chi connectivity index (χ2n) is 6.64. The number of H-pyrrole nitrogens is 1. The van der Waals surface area contributed by atoms with E-state index < -0.39 is 29.2 Å². The minimum Gasteiger partial charge on any atom is -0.406 e. The number of rotatable bonds is 4. The van der Waals surface area contributed by atoms with Crippen LogP contribution in [-0.4, -0.2) is 22.4 Å². The predicted molar refractivity (Wildman–Crippen MR) is 104 cm³/mol. The average Bonchev–Trinajstić information content (AvgIpc) is 3.21. The van der Waals surface area contributed by atoms with Crippen molar-refractivity contribution < 1.29 is 31.9 Å². The molecule has 0 fully saturated rings. The van der Waals surface area contributed by atoms with Crippen LogP contribution in [0.1, 0.15) is 26.6 Å². The highest BCUT2D eigenvalue weighted by Crippen LogP contribution is 2.35. The Bertz CT molecular complexity index is 1370. The minimum absolute atomic E-state index is 0.105. The number of aromatic nitrogens is 3. The van der Waals surface area contributed by atoms with E-state index in [1.807, 2.05) is 19.9 Å². The van der Waals surface area contributed by atoms with Crippen molar-refractivity contribution in [1.29, 1.82) is 0 Å². The summed E-state index contributed by atoms with van der Waals surface area (Å²) in [5, 5.41) is 2.90. The van der Waals surface area contributed by atoms with Crippen LogP contribution in [0.3, 0.4) is 0 Å². The monoisotopic (exact) mass is 451 g/mol. The van der Waals surface area contributed by atoms with Gasteiger partial charge in [0.05, 0.1) is 5.69 Å². The molecule has 8 nitrogen and oxygen atoms in total. The maximum atomic E-state index is 13.2. The number of fused-ring (bicyclic) bond motifs is 1. The lowest BCUT2D eigenvalue weighted by molar-refractivity contribution is -0.672. The number of aromatic amines is 1. The van der Waals surface area contributed by atoms with Crippen LogP contribution in [-0.2, 0) is 0 Å². The molecule has 0 saturated carbocycles. The van der Waals surface area contributed by atoms with Crippen molar-refractivity contribution in [3.63, 3.8) is 0 Å². The third kappa shape index (κ3) is 3.77. The molecule has 0 aliphatic heterocycles. The van der Waals surface area contributed by atoms with E-state index in [4.69, 9.17) is 10.3 Å². The summed E-state index contributed by atoms with van der Waals surface area (Å²) in [6, 6.07) is 6.37. The van der Waals surface area contributed by atoms with E-state index in [1.165, 1.54) is 12.1 Å². The molecule has 4 aromatic rings. The van der Waals surface area contributed by atoms with Crippen LogP contribution in [0.2, 0.25) is 0 Å². The summed E-state index contributed by atoms with van der Waals surface area (Å²) in [7, 11) is 0. The zero-order chi connectivity index (χ0) is 22.5. The first-order valence-electron chi connectivity index (χ1n) is 8.76. The fourth-order valence-electron chi connectivity index (χ4n) is 3.19. The number of nitrogens with zero attached hydrogens (tertiary/aromatic N) is 2. The number of carbonyl (C=O) groups excluding carboxylic acids is 1. The van der Waals surface area contributed by atoms with Crippen LogP contribution in [0.25, 0.3) is 15.9 Å². The number of alkyl halides is 3. The molecule has 3 aromatic heterocycles. The van der Waals surface area contributed by atoms with E-state index >= 15 is 0 Å². The first-order valence-corrected chi connectivity index (χ1v) is 9.57. The number of aryl methyl sites for hydroxylation is 2. The molecule has 0 atom stereocenters. The number of nitrogens with one attached hydrogen (secondary N) is 1. The van der Waals surface area contributed by atoms with Crippen molar-refractivity contribution in [2.24, 2.45) is 0 Å². The third-order valence-corrected chi connectivity index (χ3v) is 5.52. The molecule has 0 aliphatic rings. The molecule has 0 unspecified atom stereocenters. The Morgan fingerprint density at radius 2 is 1.94 bits per heavy atom. The molecule has 12 heteroatoms. The lowest BCUT2D eigenvalue weighted by Gasteiger charge is -2.07. The Morgan fingerprint density at radius 1 is 1.26 bits per heavy atom. The average molecular weight is 451 g/mol. The molecule has 4 rings (SSSR count). The molecule has 0 radical (unpaired) electrons. The van der Waals surface area contributed by atoms with Crippen LogP contribution >= 0.6 is 11.3 Å². The number of ether oxygens (including phenoxy) is 1. The standard InChI is InChI=1S/C19H13F3N4O4S/c1-8-7-9(2)24-17-12(8)13(23)16(31-17)15(27)14-18(28)30-25-26(14)10-3-5-11(6-4-10)29-19(20,21)22/h3-7H,1-2H3,(H2-,23,25,27,28)/p+1. The second-order valence-corrected chi connectivity index (χ2v) is 7.64. The topological polar surface area (TPSA) is 115 Å². The van der Waals surface area contributed by atoms with Gasteiger partial charge in [-0.05, 0) is 47.6 Å². The minimum atomic E-state index is -4.84. The van der Waals surface area contributed by atoms with Crippen LogP contribution < -0.4 is 20.8 Å². The van der Waals surface area contributed by atoms with Gasteiger partial charge in [0.25, 0.3) is 5.78 Å². The van der Waals surface area contributed by atoms with Gasteiger partial charge in [0.1, 0.15) is 15.5 Å². The van der Waals surface area contributed by atoms with Crippen molar-refractivity contribution in [3.8, 4) is 11.4 Å². The van der Waals surface area contributed by atoms with E-state index in [9.17, 15) is 22.8 Å². The van der Waals surface area contributed by atoms with Crippen LogP contribution in [0, 0.1) is 13.8 Å². The second kappa shape index (κ2) is 7.23. The predicted octanol–water partition coefficient (Wildman–Crippen LogP) is 3.18. The molecule has 0 spiro atoms. The number of nitrogens with two attached hydrogens (primary N) is 1. The maximum Gasteiger partial charge on any atom is 0.573 e. The van der Waals surface area contributed by atoms with Gasteiger partial charge in [-0.2, -0.15) is 0 Å². The third-order valence-electron chi connectivity index (χ3n) is 4.42. The maximum absolute atomic E-state index is 13.2. The van der Waals surface area contributed by atoms with Gasteiger partial charge in [-0.25, -0.2) is 9.78 Å². The quantitative estimate of drug-likeness (QED) is 0.364. The van der Waals surface area contributed by atoms with Gasteiger partial charge in [0.2, 0.25) is 5.69 Å². The van der Waals surface area contributed by atoms with Gasteiger partial charge < -0.3 is 10.5 Å². The summed E-state index contributed by atoms with van der Waals surface area (Å²) >= 11 is 1.04. The number of carbonyl (C=O) groups is 1. The normalized spacial score (nSPS) is 11.8. The molecule has 3 N–H and O–H groups in total. The fourth-order valence-corrected chi connectivity index (χ4v) is 4.35. The number of hydrogen-bond donors (Lipinski definition) is 2. The molecule has 1 aromatic carbocycles. The zero-order valence-corrected chi connectivity index (χ0v) is 16.9. The number of benzene rings is 1. The first-order chi connectivity index (χ1) is 14.5. The Labute approximate surface area is 175 Å². The van der Waals surface area contributed by atoms with E-state index in [0.717, 1.165) is 39.4 Å². The summed E-state index contributed by atoms with van der Waals surface area (Å²) < 4.78 is 46.7. The summed E-state index contributed by atoms with van der Waals surface area (Å²) in [6.45, 7) is 3.65. The highest BCUT2D eigenvalue weighted by atomic mass is 32.1. The number of pyridine rings is 1. The number of nitrogen functional groups attached to an aromatic ring is 1. The lowest BCUT2D eigenvalue weighted by atomic mass is 10.1. The Kier molecular flexibility index (Phi) is 4.81. The van der Waals surface area contributed by atoms with Crippen LogP contribution in [0.5, 0.6) is 5.75 Å². The number of ketones is 1. The molecule has 0 amide bonds. The number of halogens is 3. The van der Waals surface area contributed by atoms with Gasteiger partial charge in [-0.3, -0.25) is 9.32 Å². The summed E-state index contributed by atoms with van der Waals surface area (Å²) in [6.07, 6.45) is -4.84. The molecule has 3 heterocycles. The molecule has 0 aliphatic carbocycles. The molecule has 160 valence electrons. The van der Waals surface area contributed by atoms with E-state index in [1.54, 1.807) is 0 Å². The zero-order valence-electron chi connectivity index (χ0n) is 16.0. The molecule has 0 saturated heterocycles.